The van der Waals surface area contributed by atoms with Gasteiger partial charge in [0.15, 0.2) is 0 Å². The van der Waals surface area contributed by atoms with E-state index in [1.54, 1.807) is 6.92 Å². The standard InChI is InChI=1S/C6H12O2.H4Si/c1-4-6(7)8-5(2)3;/h5H,4H2,1-3H3;1H4. The summed E-state index contributed by atoms with van der Waals surface area (Å²) in [5.41, 5.74) is 0. The Morgan fingerprint density at radius 3 is 2.11 bits per heavy atom. The molecule has 0 radical (unpaired) electrons. The topological polar surface area (TPSA) is 26.3 Å². The van der Waals surface area contributed by atoms with Crippen LogP contribution in [0.3, 0.4) is 0 Å². The first-order valence-electron chi connectivity index (χ1n) is 2.86. The molecule has 0 heterocycles. The Bertz CT molecular complexity index is 81.1. The Morgan fingerprint density at radius 2 is 2.00 bits per heavy atom. The highest BCUT2D eigenvalue weighted by Gasteiger charge is 1.98. The van der Waals surface area contributed by atoms with Crippen LogP contribution < -0.4 is 0 Å². The summed E-state index contributed by atoms with van der Waals surface area (Å²) in [6.07, 6.45) is 0.500. The molecule has 0 aliphatic heterocycles. The van der Waals surface area contributed by atoms with E-state index >= 15 is 0 Å². The molecule has 0 aromatic carbocycles. The highest BCUT2D eigenvalue weighted by atomic mass is 28.1. The van der Waals surface area contributed by atoms with Gasteiger partial charge in [0, 0.05) is 6.42 Å². The third-order valence-electron chi connectivity index (χ3n) is 0.656. The average Bonchev–Trinajstić information content (AvgIpc) is 1.65. The van der Waals surface area contributed by atoms with Gasteiger partial charge in [-0.25, -0.2) is 0 Å². The van der Waals surface area contributed by atoms with Gasteiger partial charge < -0.3 is 4.74 Å². The first-order valence-corrected chi connectivity index (χ1v) is 2.86. The number of carbonyl (C=O) groups is 1. The zero-order chi connectivity index (χ0) is 6.57. The molecule has 0 fully saturated rings. The molecule has 0 bridgehead atoms. The van der Waals surface area contributed by atoms with E-state index in [9.17, 15) is 4.79 Å². The van der Waals surface area contributed by atoms with Crippen LogP contribution >= 0.6 is 0 Å². The molecule has 0 unspecified atom stereocenters. The fraction of sp³-hybridized carbons (Fsp3) is 0.833. The minimum Gasteiger partial charge on any atom is -0.463 e. The predicted octanol–water partition coefficient (Wildman–Crippen LogP) is -0.104. The average molecular weight is 148 g/mol. The lowest BCUT2D eigenvalue weighted by Gasteiger charge is -2.04. The fourth-order valence-electron chi connectivity index (χ4n) is 0.346. The van der Waals surface area contributed by atoms with Gasteiger partial charge in [0.2, 0.25) is 0 Å². The Morgan fingerprint density at radius 1 is 1.56 bits per heavy atom. The van der Waals surface area contributed by atoms with Gasteiger partial charge in [0.05, 0.1) is 6.10 Å². The molecule has 0 aromatic heterocycles. The minimum absolute atomic E-state index is 0. The van der Waals surface area contributed by atoms with E-state index in [4.69, 9.17) is 4.74 Å². The van der Waals surface area contributed by atoms with E-state index < -0.39 is 0 Å². The van der Waals surface area contributed by atoms with Gasteiger partial charge in [0.25, 0.3) is 0 Å². The molecule has 2 nitrogen and oxygen atoms in total. The van der Waals surface area contributed by atoms with Gasteiger partial charge in [-0.05, 0) is 24.8 Å². The number of ether oxygens (including phenoxy) is 1. The SMILES string of the molecule is CCC(=O)OC(C)C.[SiH4]. The van der Waals surface area contributed by atoms with Crippen molar-refractivity contribution in [1.29, 1.82) is 0 Å². The molecular formula is C6H16O2Si. The lowest BCUT2D eigenvalue weighted by atomic mass is 10.4. The van der Waals surface area contributed by atoms with Crippen LogP contribution in [-0.4, -0.2) is 23.0 Å². The first-order chi connectivity index (χ1) is 3.66. The summed E-state index contributed by atoms with van der Waals surface area (Å²) in [6.45, 7) is 5.46. The maximum absolute atomic E-state index is 10.4. The molecular weight excluding hydrogens is 132 g/mol. The Hall–Kier alpha value is -0.313. The normalized spacial score (nSPS) is 8.44. The molecule has 0 aliphatic carbocycles. The van der Waals surface area contributed by atoms with Gasteiger partial charge in [-0.2, -0.15) is 0 Å². The molecule has 0 atom stereocenters. The van der Waals surface area contributed by atoms with Crippen molar-refractivity contribution in [3.63, 3.8) is 0 Å². The Balaban J connectivity index is 0. The summed E-state index contributed by atoms with van der Waals surface area (Å²) in [5.74, 6) is -0.125. The molecule has 9 heavy (non-hydrogen) atoms. The lowest BCUT2D eigenvalue weighted by Crippen LogP contribution is -2.09. The number of rotatable bonds is 2. The van der Waals surface area contributed by atoms with E-state index in [1.807, 2.05) is 13.8 Å². The minimum atomic E-state index is -0.125. The second-order valence-electron chi connectivity index (χ2n) is 1.89. The van der Waals surface area contributed by atoms with Crippen molar-refractivity contribution in [1.82, 2.24) is 0 Å². The van der Waals surface area contributed by atoms with Crippen LogP contribution in [0.1, 0.15) is 27.2 Å². The maximum atomic E-state index is 10.4. The molecule has 0 rings (SSSR count). The van der Waals surface area contributed by atoms with Crippen LogP contribution in [-0.2, 0) is 9.53 Å². The second kappa shape index (κ2) is 5.82. The molecule has 0 N–H and O–H groups in total. The number of esters is 1. The largest absolute Gasteiger partial charge is 0.463 e. The molecule has 0 spiro atoms. The maximum Gasteiger partial charge on any atom is 0.305 e. The second-order valence-corrected chi connectivity index (χ2v) is 1.89. The summed E-state index contributed by atoms with van der Waals surface area (Å²) >= 11 is 0. The number of hydrogen-bond acceptors (Lipinski definition) is 2. The van der Waals surface area contributed by atoms with Crippen molar-refractivity contribution in [2.45, 2.75) is 33.3 Å². The van der Waals surface area contributed by atoms with E-state index in [-0.39, 0.29) is 23.0 Å². The zero-order valence-corrected chi connectivity index (χ0v) is 5.60. The molecule has 0 saturated heterocycles. The summed E-state index contributed by atoms with van der Waals surface area (Å²) in [7, 11) is 0. The van der Waals surface area contributed by atoms with Crippen LogP contribution in [0.15, 0.2) is 0 Å². The van der Waals surface area contributed by atoms with Crippen LogP contribution in [0.25, 0.3) is 0 Å². The van der Waals surface area contributed by atoms with Gasteiger partial charge in [-0.15, -0.1) is 0 Å². The quantitative estimate of drug-likeness (QED) is 0.404. The van der Waals surface area contributed by atoms with Crippen LogP contribution in [0.5, 0.6) is 0 Å². The summed E-state index contributed by atoms with van der Waals surface area (Å²) in [4.78, 5) is 10.4. The van der Waals surface area contributed by atoms with Crippen molar-refractivity contribution in [3.8, 4) is 0 Å². The molecule has 0 aliphatic rings. The van der Waals surface area contributed by atoms with Crippen molar-refractivity contribution < 1.29 is 9.53 Å². The Kier molecular flexibility index (Phi) is 7.42. The fourth-order valence-corrected chi connectivity index (χ4v) is 0.346. The van der Waals surface area contributed by atoms with Gasteiger partial charge in [-0.3, -0.25) is 4.79 Å². The first kappa shape index (κ1) is 11.5. The third kappa shape index (κ3) is 7.69. The van der Waals surface area contributed by atoms with Crippen molar-refractivity contribution >= 4 is 16.9 Å². The third-order valence-corrected chi connectivity index (χ3v) is 0.656. The zero-order valence-electron chi connectivity index (χ0n) is 5.60. The van der Waals surface area contributed by atoms with E-state index in [2.05, 4.69) is 0 Å². The van der Waals surface area contributed by atoms with Crippen molar-refractivity contribution in [2.24, 2.45) is 0 Å². The van der Waals surface area contributed by atoms with Crippen molar-refractivity contribution in [2.75, 3.05) is 0 Å². The monoisotopic (exact) mass is 148 g/mol. The summed E-state index contributed by atoms with van der Waals surface area (Å²) < 4.78 is 4.76. The van der Waals surface area contributed by atoms with E-state index in [0.717, 1.165) is 0 Å². The molecule has 0 saturated carbocycles. The smallest absolute Gasteiger partial charge is 0.305 e. The highest BCUT2D eigenvalue weighted by molar-refractivity contribution is 5.75. The lowest BCUT2D eigenvalue weighted by molar-refractivity contribution is -0.146. The van der Waals surface area contributed by atoms with Gasteiger partial charge in [0.1, 0.15) is 0 Å². The van der Waals surface area contributed by atoms with Gasteiger partial charge >= 0.3 is 5.97 Å². The summed E-state index contributed by atoms with van der Waals surface area (Å²) in [6, 6.07) is 0. The van der Waals surface area contributed by atoms with Crippen molar-refractivity contribution in [3.05, 3.63) is 0 Å². The molecule has 56 valence electrons. The summed E-state index contributed by atoms with van der Waals surface area (Å²) in [5, 5.41) is 0. The van der Waals surface area contributed by atoms with Crippen LogP contribution in [0.2, 0.25) is 0 Å². The number of hydrogen-bond donors (Lipinski definition) is 0. The predicted molar refractivity (Wildman–Crippen MR) is 42.9 cm³/mol. The molecule has 0 amide bonds. The van der Waals surface area contributed by atoms with Crippen LogP contribution in [0.4, 0.5) is 0 Å². The molecule has 3 heteroatoms. The Labute approximate surface area is 60.6 Å². The van der Waals surface area contributed by atoms with Crippen LogP contribution in [0, 0.1) is 0 Å². The van der Waals surface area contributed by atoms with Gasteiger partial charge in [-0.1, -0.05) is 6.92 Å². The van der Waals surface area contributed by atoms with E-state index in [0.29, 0.717) is 6.42 Å². The highest BCUT2D eigenvalue weighted by Crippen LogP contribution is 1.90. The van der Waals surface area contributed by atoms with E-state index in [1.165, 1.54) is 0 Å². The molecule has 0 aromatic rings. The number of carbonyl (C=O) groups excluding carboxylic acids is 1.